The Labute approximate surface area is 225 Å². The molecule has 0 saturated carbocycles. The third kappa shape index (κ3) is 5.21. The van der Waals surface area contributed by atoms with Gasteiger partial charge in [0.2, 0.25) is 21.8 Å². The number of nitrogens with zero attached hydrogens (tertiary/aromatic N) is 2. The van der Waals surface area contributed by atoms with Crippen LogP contribution in [0.4, 0.5) is 5.69 Å². The lowest BCUT2D eigenvalue weighted by Gasteiger charge is -2.32. The van der Waals surface area contributed by atoms with E-state index >= 15 is 0 Å². The molecule has 9 nitrogen and oxygen atoms in total. The Balaban J connectivity index is 1.25. The van der Waals surface area contributed by atoms with Gasteiger partial charge in [0.25, 0.3) is 0 Å². The van der Waals surface area contributed by atoms with Gasteiger partial charge in [0, 0.05) is 36.2 Å². The molecule has 0 aromatic heterocycles. The summed E-state index contributed by atoms with van der Waals surface area (Å²) in [5.41, 5.74) is 1.59. The first-order valence-corrected chi connectivity index (χ1v) is 14.8. The minimum atomic E-state index is -3.88. The Hall–Kier alpha value is -2.63. The Morgan fingerprint density at radius 2 is 1.95 bits per heavy atom. The number of carbonyl (C=O) groups excluding carboxylic acids is 2. The van der Waals surface area contributed by atoms with Crippen molar-refractivity contribution in [1.29, 1.82) is 0 Å². The van der Waals surface area contributed by atoms with Crippen LogP contribution in [0.2, 0.25) is 0 Å². The van der Waals surface area contributed by atoms with Gasteiger partial charge < -0.3 is 19.7 Å². The predicted molar refractivity (Wildman–Crippen MR) is 141 cm³/mol. The second-order valence-corrected chi connectivity index (χ2v) is 12.3. The van der Waals surface area contributed by atoms with Gasteiger partial charge in [0.05, 0.1) is 17.4 Å². The second kappa shape index (κ2) is 10.6. The van der Waals surface area contributed by atoms with E-state index in [1.165, 1.54) is 4.31 Å². The van der Waals surface area contributed by atoms with Crippen molar-refractivity contribution in [3.05, 3.63) is 46.4 Å². The summed E-state index contributed by atoms with van der Waals surface area (Å²) in [6.45, 7) is 3.37. The van der Waals surface area contributed by atoms with Crippen LogP contribution in [0.3, 0.4) is 0 Å². The molecule has 5 rings (SSSR count). The molecule has 2 atom stereocenters. The van der Waals surface area contributed by atoms with Crippen molar-refractivity contribution in [2.24, 2.45) is 5.92 Å². The highest BCUT2D eigenvalue weighted by Crippen LogP contribution is 2.37. The number of piperidine rings is 1. The van der Waals surface area contributed by atoms with Crippen LogP contribution in [0.25, 0.3) is 0 Å². The molecule has 0 bridgehead atoms. The van der Waals surface area contributed by atoms with E-state index in [1.54, 1.807) is 24.0 Å². The SMILES string of the molecule is CCC(=O)N1CCc2cc(Br)c(S(=O)(=O)N3CCC[C@H](C(=O)NC[C@@H]4COc5ccccc5O4)C3)cc21. The average molecular weight is 593 g/mol. The second-order valence-electron chi connectivity index (χ2n) is 9.51. The number of anilines is 1. The summed E-state index contributed by atoms with van der Waals surface area (Å²) in [6.07, 6.45) is 1.90. The number of amides is 2. The molecular formula is C26H30BrN3O6S. The number of sulfonamides is 1. The highest BCUT2D eigenvalue weighted by atomic mass is 79.9. The number of hydrogen-bond acceptors (Lipinski definition) is 6. The number of carbonyl (C=O) groups is 2. The first kappa shape index (κ1) is 26.0. The first-order valence-electron chi connectivity index (χ1n) is 12.6. The van der Waals surface area contributed by atoms with Gasteiger partial charge in [0.15, 0.2) is 11.5 Å². The molecule has 2 amide bonds. The van der Waals surface area contributed by atoms with Crippen LogP contribution in [-0.2, 0) is 26.0 Å². The van der Waals surface area contributed by atoms with E-state index in [0.29, 0.717) is 67.0 Å². The molecule has 1 N–H and O–H groups in total. The third-order valence-corrected chi connectivity index (χ3v) is 9.90. The molecule has 2 aromatic carbocycles. The fourth-order valence-corrected chi connectivity index (χ4v) is 7.67. The van der Waals surface area contributed by atoms with Crippen molar-refractivity contribution in [1.82, 2.24) is 9.62 Å². The van der Waals surface area contributed by atoms with Gasteiger partial charge in [-0.15, -0.1) is 0 Å². The predicted octanol–water partition coefficient (Wildman–Crippen LogP) is 3.11. The van der Waals surface area contributed by atoms with Gasteiger partial charge in [-0.1, -0.05) is 19.1 Å². The zero-order valence-electron chi connectivity index (χ0n) is 20.6. The lowest BCUT2D eigenvalue weighted by Crippen LogP contribution is -2.48. The number of hydrogen-bond donors (Lipinski definition) is 1. The zero-order chi connectivity index (χ0) is 26.2. The molecule has 3 heterocycles. The molecule has 0 spiro atoms. The fraction of sp³-hybridized carbons (Fsp3) is 0.462. The smallest absolute Gasteiger partial charge is 0.244 e. The molecule has 198 valence electrons. The van der Waals surface area contributed by atoms with E-state index in [1.807, 2.05) is 24.3 Å². The molecule has 0 radical (unpaired) electrons. The summed E-state index contributed by atoms with van der Waals surface area (Å²) in [4.78, 5) is 27.1. The van der Waals surface area contributed by atoms with Crippen molar-refractivity contribution in [2.75, 3.05) is 37.7 Å². The number of ether oxygens (including phenoxy) is 2. The third-order valence-electron chi connectivity index (χ3n) is 7.08. The Morgan fingerprint density at radius 1 is 1.16 bits per heavy atom. The van der Waals surface area contributed by atoms with Gasteiger partial charge in [-0.2, -0.15) is 4.31 Å². The van der Waals surface area contributed by atoms with Crippen LogP contribution in [0.5, 0.6) is 11.5 Å². The summed E-state index contributed by atoms with van der Waals surface area (Å²) in [5, 5.41) is 2.92. The van der Waals surface area contributed by atoms with Crippen LogP contribution < -0.4 is 19.7 Å². The lowest BCUT2D eigenvalue weighted by molar-refractivity contribution is -0.126. The van der Waals surface area contributed by atoms with Crippen molar-refractivity contribution in [2.45, 2.75) is 43.6 Å². The molecule has 0 aliphatic carbocycles. The van der Waals surface area contributed by atoms with E-state index < -0.39 is 15.9 Å². The van der Waals surface area contributed by atoms with E-state index in [9.17, 15) is 18.0 Å². The normalized spacial score (nSPS) is 21.4. The molecule has 3 aliphatic rings. The molecular weight excluding hydrogens is 562 g/mol. The minimum Gasteiger partial charge on any atom is -0.486 e. The van der Waals surface area contributed by atoms with E-state index in [2.05, 4.69) is 21.2 Å². The van der Waals surface area contributed by atoms with Gasteiger partial charge in [-0.25, -0.2) is 8.42 Å². The van der Waals surface area contributed by atoms with Crippen molar-refractivity contribution in [3.8, 4) is 11.5 Å². The van der Waals surface area contributed by atoms with E-state index in [4.69, 9.17) is 9.47 Å². The summed E-state index contributed by atoms with van der Waals surface area (Å²) < 4.78 is 40.8. The van der Waals surface area contributed by atoms with Gasteiger partial charge in [0.1, 0.15) is 12.7 Å². The summed E-state index contributed by atoms with van der Waals surface area (Å²) in [7, 11) is -3.88. The molecule has 2 aromatic rings. The van der Waals surface area contributed by atoms with Crippen molar-refractivity contribution < 1.29 is 27.5 Å². The topological polar surface area (TPSA) is 105 Å². The fourth-order valence-electron chi connectivity index (χ4n) is 5.07. The Morgan fingerprint density at radius 3 is 2.73 bits per heavy atom. The molecule has 0 unspecified atom stereocenters. The molecule has 3 aliphatic heterocycles. The monoisotopic (exact) mass is 591 g/mol. The Kier molecular flexibility index (Phi) is 7.46. The maximum Gasteiger partial charge on any atom is 0.244 e. The quantitative estimate of drug-likeness (QED) is 0.553. The number of para-hydroxylation sites is 2. The van der Waals surface area contributed by atoms with Crippen molar-refractivity contribution >= 4 is 43.5 Å². The summed E-state index contributed by atoms with van der Waals surface area (Å²) in [6, 6.07) is 10.8. The highest BCUT2D eigenvalue weighted by Gasteiger charge is 2.36. The zero-order valence-corrected chi connectivity index (χ0v) is 23.0. The standard InChI is InChI=1S/C26H30BrN3O6S/c1-2-25(31)30-11-9-17-12-20(27)24(13-21(17)30)37(33,34)29-10-5-6-18(15-29)26(32)28-14-19-16-35-22-7-3-4-8-23(22)36-19/h3-4,7-8,12-13,18-19H,2,5-6,9-11,14-16H2,1H3,(H,28,32)/t18-,19+/m0/s1. The van der Waals surface area contributed by atoms with Gasteiger partial charge >= 0.3 is 0 Å². The molecule has 11 heteroatoms. The largest absolute Gasteiger partial charge is 0.486 e. The first-order chi connectivity index (χ1) is 17.8. The molecule has 1 fully saturated rings. The number of benzene rings is 2. The lowest BCUT2D eigenvalue weighted by atomic mass is 9.99. The van der Waals surface area contributed by atoms with Gasteiger partial charge in [-0.3, -0.25) is 9.59 Å². The van der Waals surface area contributed by atoms with Crippen LogP contribution in [-0.4, -0.2) is 63.4 Å². The maximum absolute atomic E-state index is 13.7. The maximum atomic E-state index is 13.7. The van der Waals surface area contributed by atoms with E-state index in [-0.39, 0.29) is 35.9 Å². The van der Waals surface area contributed by atoms with Gasteiger partial charge in [-0.05, 0) is 65.0 Å². The summed E-state index contributed by atoms with van der Waals surface area (Å²) in [5.74, 6) is 0.622. The van der Waals surface area contributed by atoms with Crippen molar-refractivity contribution in [3.63, 3.8) is 0 Å². The molecule has 37 heavy (non-hydrogen) atoms. The van der Waals surface area contributed by atoms with Crippen LogP contribution >= 0.6 is 15.9 Å². The average Bonchev–Trinajstić information content (AvgIpc) is 3.33. The van der Waals surface area contributed by atoms with Crippen LogP contribution in [0, 0.1) is 5.92 Å². The van der Waals surface area contributed by atoms with Crippen LogP contribution in [0.1, 0.15) is 31.7 Å². The summed E-state index contributed by atoms with van der Waals surface area (Å²) >= 11 is 3.44. The number of halogens is 1. The minimum absolute atomic E-state index is 0.0324. The number of nitrogens with one attached hydrogen (secondary N) is 1. The number of fused-ring (bicyclic) bond motifs is 2. The molecule has 1 saturated heterocycles. The van der Waals surface area contributed by atoms with E-state index in [0.717, 1.165) is 5.56 Å². The number of rotatable bonds is 6. The Bertz CT molecular complexity index is 1320. The van der Waals surface area contributed by atoms with Crippen LogP contribution in [0.15, 0.2) is 45.8 Å². The highest BCUT2D eigenvalue weighted by molar-refractivity contribution is 9.10.